The molecular formula is C21H15F2N3O. The summed E-state index contributed by atoms with van der Waals surface area (Å²) < 4.78 is 28.8. The normalized spacial score (nSPS) is 10.9. The van der Waals surface area contributed by atoms with E-state index in [2.05, 4.69) is 10.3 Å². The number of nitrogens with one attached hydrogen (secondary N) is 1. The largest absolute Gasteiger partial charge is 0.322 e. The highest BCUT2D eigenvalue weighted by Crippen LogP contribution is 2.24. The zero-order chi connectivity index (χ0) is 19.0. The maximum atomic E-state index is 13.8. The minimum Gasteiger partial charge on any atom is -0.322 e. The first-order valence-electron chi connectivity index (χ1n) is 8.34. The van der Waals surface area contributed by atoms with Crippen molar-refractivity contribution in [2.24, 2.45) is 0 Å². The van der Waals surface area contributed by atoms with Crippen molar-refractivity contribution in [3.8, 4) is 5.69 Å². The fourth-order valence-electron chi connectivity index (χ4n) is 3.05. The number of hydrogen-bond donors (Lipinski definition) is 1. The summed E-state index contributed by atoms with van der Waals surface area (Å²) in [6, 6.07) is 18.0. The van der Waals surface area contributed by atoms with Crippen molar-refractivity contribution >= 4 is 22.6 Å². The first-order valence-corrected chi connectivity index (χ1v) is 8.34. The minimum absolute atomic E-state index is 0.220. The molecule has 4 aromatic rings. The molecule has 1 amide bonds. The number of carbonyl (C=O) groups is 1. The van der Waals surface area contributed by atoms with E-state index in [0.29, 0.717) is 17.3 Å². The molecule has 4 nitrogen and oxygen atoms in total. The van der Waals surface area contributed by atoms with Gasteiger partial charge in [0.1, 0.15) is 17.5 Å². The van der Waals surface area contributed by atoms with Crippen molar-refractivity contribution in [2.75, 3.05) is 5.32 Å². The average Bonchev–Trinajstić information content (AvgIpc) is 2.97. The third kappa shape index (κ3) is 3.17. The number of hydrogen-bond acceptors (Lipinski definition) is 2. The Morgan fingerprint density at radius 3 is 2.52 bits per heavy atom. The van der Waals surface area contributed by atoms with Gasteiger partial charge in [-0.3, -0.25) is 9.36 Å². The van der Waals surface area contributed by atoms with E-state index in [0.717, 1.165) is 29.2 Å². The number of halogens is 2. The molecule has 0 saturated carbocycles. The number of para-hydroxylation sites is 1. The number of anilines is 1. The molecule has 0 bridgehead atoms. The van der Waals surface area contributed by atoms with Crippen molar-refractivity contribution in [2.45, 2.75) is 6.92 Å². The van der Waals surface area contributed by atoms with Crippen LogP contribution in [0.15, 0.2) is 66.7 Å². The van der Waals surface area contributed by atoms with Gasteiger partial charge < -0.3 is 5.32 Å². The molecule has 0 saturated heterocycles. The van der Waals surface area contributed by atoms with Crippen molar-refractivity contribution < 1.29 is 13.6 Å². The number of benzene rings is 3. The first kappa shape index (κ1) is 16.9. The highest BCUT2D eigenvalue weighted by atomic mass is 19.1. The topological polar surface area (TPSA) is 46.9 Å². The van der Waals surface area contributed by atoms with Crippen molar-refractivity contribution in [1.82, 2.24) is 9.55 Å². The minimum atomic E-state index is -0.905. The van der Waals surface area contributed by atoms with E-state index in [4.69, 9.17) is 0 Å². The number of fused-ring (bicyclic) bond motifs is 1. The Hall–Kier alpha value is -3.54. The lowest BCUT2D eigenvalue weighted by Gasteiger charge is -2.08. The molecule has 0 aliphatic carbocycles. The molecule has 3 aromatic carbocycles. The van der Waals surface area contributed by atoms with Crippen LogP contribution in [0, 0.1) is 18.6 Å². The number of amides is 1. The summed E-state index contributed by atoms with van der Waals surface area (Å²) in [6.45, 7) is 1.90. The van der Waals surface area contributed by atoms with Gasteiger partial charge in [0.15, 0.2) is 0 Å². The summed E-state index contributed by atoms with van der Waals surface area (Å²) in [5.41, 5.74) is 2.84. The highest BCUT2D eigenvalue weighted by molar-refractivity contribution is 6.05. The van der Waals surface area contributed by atoms with Crippen LogP contribution >= 0.6 is 0 Å². The maximum Gasteiger partial charge on any atom is 0.258 e. The molecule has 0 aliphatic heterocycles. The molecule has 1 N–H and O–H groups in total. The Kier molecular flexibility index (Phi) is 4.16. The molecular weight excluding hydrogens is 348 g/mol. The van der Waals surface area contributed by atoms with Gasteiger partial charge in [-0.25, -0.2) is 13.8 Å². The zero-order valence-electron chi connectivity index (χ0n) is 14.4. The van der Waals surface area contributed by atoms with Crippen LogP contribution in [0.5, 0.6) is 0 Å². The van der Waals surface area contributed by atoms with E-state index in [1.165, 1.54) is 0 Å². The Bertz CT molecular complexity index is 1150. The number of aromatic nitrogens is 2. The molecule has 1 aromatic heterocycles. The lowest BCUT2D eigenvalue weighted by Crippen LogP contribution is -2.13. The van der Waals surface area contributed by atoms with Gasteiger partial charge in [0.25, 0.3) is 5.91 Å². The lowest BCUT2D eigenvalue weighted by molar-refractivity contribution is 0.102. The fraction of sp³-hybridized carbons (Fsp3) is 0.0476. The molecule has 0 unspecified atom stereocenters. The van der Waals surface area contributed by atoms with Crippen LogP contribution in [0.3, 0.4) is 0 Å². The van der Waals surface area contributed by atoms with E-state index in [9.17, 15) is 13.6 Å². The number of imidazole rings is 1. The van der Waals surface area contributed by atoms with Crippen molar-refractivity contribution in [1.29, 1.82) is 0 Å². The summed E-state index contributed by atoms with van der Waals surface area (Å²) in [5, 5.41) is 2.63. The predicted molar refractivity (Wildman–Crippen MR) is 100 cm³/mol. The van der Waals surface area contributed by atoms with E-state index < -0.39 is 17.5 Å². The van der Waals surface area contributed by atoms with Crippen molar-refractivity contribution in [3.05, 3.63) is 89.8 Å². The molecule has 1 heterocycles. The quantitative estimate of drug-likeness (QED) is 0.565. The summed E-state index contributed by atoms with van der Waals surface area (Å²) >= 11 is 0. The van der Waals surface area contributed by atoms with Crippen LogP contribution in [0.1, 0.15) is 16.2 Å². The number of nitrogens with zero attached hydrogens (tertiary/aromatic N) is 2. The lowest BCUT2D eigenvalue weighted by atomic mass is 10.2. The fourth-order valence-corrected chi connectivity index (χ4v) is 3.05. The molecule has 134 valence electrons. The summed E-state index contributed by atoms with van der Waals surface area (Å²) in [5.74, 6) is -1.47. The number of carbonyl (C=O) groups excluding carboxylic acids is 1. The van der Waals surface area contributed by atoms with E-state index >= 15 is 0 Å². The third-order valence-electron chi connectivity index (χ3n) is 4.27. The second-order valence-electron chi connectivity index (χ2n) is 6.11. The Labute approximate surface area is 154 Å². The van der Waals surface area contributed by atoms with E-state index in [1.54, 1.807) is 12.1 Å². The SMILES string of the molecule is Cc1nc2cc(NC(=O)c3ccc(F)cc3F)ccc2n1-c1ccccc1. The number of rotatable bonds is 3. The smallest absolute Gasteiger partial charge is 0.258 e. The van der Waals surface area contributed by atoms with Gasteiger partial charge in [0, 0.05) is 17.4 Å². The van der Waals surface area contributed by atoms with E-state index in [-0.39, 0.29) is 5.56 Å². The molecule has 0 radical (unpaired) electrons. The third-order valence-corrected chi connectivity index (χ3v) is 4.27. The molecule has 0 fully saturated rings. The zero-order valence-corrected chi connectivity index (χ0v) is 14.4. The summed E-state index contributed by atoms with van der Waals surface area (Å²) in [6.07, 6.45) is 0. The molecule has 0 spiro atoms. The molecule has 0 aliphatic rings. The van der Waals surface area contributed by atoms with Gasteiger partial charge in [0.05, 0.1) is 16.6 Å². The van der Waals surface area contributed by atoms with Gasteiger partial charge in [-0.15, -0.1) is 0 Å². The summed E-state index contributed by atoms with van der Waals surface area (Å²) in [4.78, 5) is 16.8. The van der Waals surface area contributed by atoms with Gasteiger partial charge in [-0.1, -0.05) is 18.2 Å². The molecule has 27 heavy (non-hydrogen) atoms. The number of aryl methyl sites for hydroxylation is 1. The van der Waals surface area contributed by atoms with Gasteiger partial charge >= 0.3 is 0 Å². The van der Waals surface area contributed by atoms with Crippen molar-refractivity contribution in [3.63, 3.8) is 0 Å². The molecule has 0 atom stereocenters. The second-order valence-corrected chi connectivity index (χ2v) is 6.11. The van der Waals surface area contributed by atoms with E-state index in [1.807, 2.05) is 47.9 Å². The highest BCUT2D eigenvalue weighted by Gasteiger charge is 2.14. The second kappa shape index (κ2) is 6.64. The molecule has 6 heteroatoms. The Morgan fingerprint density at radius 1 is 1.00 bits per heavy atom. The first-order chi connectivity index (χ1) is 13.0. The van der Waals surface area contributed by atoms with Crippen LogP contribution in [-0.2, 0) is 0 Å². The average molecular weight is 363 g/mol. The predicted octanol–water partition coefficient (Wildman–Crippen LogP) is 4.86. The van der Waals surface area contributed by atoms with Crippen LogP contribution in [-0.4, -0.2) is 15.5 Å². The standard InChI is InChI=1S/C21H15F2N3O/c1-13-24-19-12-15(25-21(27)17-9-7-14(22)11-18(17)23)8-10-20(19)26(13)16-5-3-2-4-6-16/h2-12H,1H3,(H,25,27). The Morgan fingerprint density at radius 2 is 1.78 bits per heavy atom. The van der Waals surface area contributed by atoms with Gasteiger partial charge in [0.2, 0.25) is 0 Å². The summed E-state index contributed by atoms with van der Waals surface area (Å²) in [7, 11) is 0. The van der Waals surface area contributed by atoms with Crippen LogP contribution in [0.25, 0.3) is 16.7 Å². The Balaban J connectivity index is 1.67. The van der Waals surface area contributed by atoms with Gasteiger partial charge in [-0.05, 0) is 49.4 Å². The molecule has 4 rings (SSSR count). The van der Waals surface area contributed by atoms with Crippen LogP contribution in [0.4, 0.5) is 14.5 Å². The van der Waals surface area contributed by atoms with Crippen LogP contribution < -0.4 is 5.32 Å². The maximum absolute atomic E-state index is 13.8. The van der Waals surface area contributed by atoms with Crippen LogP contribution in [0.2, 0.25) is 0 Å². The monoisotopic (exact) mass is 363 g/mol. The van der Waals surface area contributed by atoms with Gasteiger partial charge in [-0.2, -0.15) is 0 Å².